The molecule has 2 aromatic heterocycles. The average Bonchev–Trinajstić information content (AvgIpc) is 3.27. The van der Waals surface area contributed by atoms with Crippen molar-refractivity contribution >= 4 is 28.6 Å². The van der Waals surface area contributed by atoms with Crippen molar-refractivity contribution in [2.75, 3.05) is 5.75 Å². The summed E-state index contributed by atoms with van der Waals surface area (Å²) in [6.45, 7) is 2.04. The molecule has 0 unspecified atom stereocenters. The third-order valence-corrected chi connectivity index (χ3v) is 6.28. The van der Waals surface area contributed by atoms with E-state index in [0.717, 1.165) is 45.0 Å². The third kappa shape index (κ3) is 4.23. The largest absolute Gasteiger partial charge is 0.508 e. The fourth-order valence-corrected chi connectivity index (χ4v) is 4.40. The lowest BCUT2D eigenvalue weighted by Crippen LogP contribution is -2.03. The zero-order chi connectivity index (χ0) is 23.7. The number of pyridine rings is 1. The van der Waals surface area contributed by atoms with E-state index in [0.29, 0.717) is 16.7 Å². The monoisotopic (exact) mass is 468 g/mol. The van der Waals surface area contributed by atoms with Crippen LogP contribution in [0.3, 0.4) is 0 Å². The number of fused-ring (bicyclic) bond motifs is 1. The minimum atomic E-state index is -0.942. The van der Waals surface area contributed by atoms with Crippen LogP contribution in [-0.2, 0) is 4.79 Å². The SMILES string of the molecule is Cc1ccc(-c2cc(-c3nnc(SCC(=O)O)n3-c3ccc(O)cc3)c3ccccc3n2)cc1. The lowest BCUT2D eigenvalue weighted by atomic mass is 10.0. The molecule has 2 heterocycles. The summed E-state index contributed by atoms with van der Waals surface area (Å²) < 4.78 is 1.81. The van der Waals surface area contributed by atoms with Crippen LogP contribution in [-0.4, -0.2) is 41.7 Å². The number of benzene rings is 3. The number of carbonyl (C=O) groups is 1. The van der Waals surface area contributed by atoms with Crippen molar-refractivity contribution in [3.8, 4) is 34.1 Å². The van der Waals surface area contributed by atoms with Gasteiger partial charge in [0.15, 0.2) is 11.0 Å². The molecule has 7 nitrogen and oxygen atoms in total. The number of carboxylic acid groups (broad SMARTS) is 1. The van der Waals surface area contributed by atoms with Crippen molar-refractivity contribution in [2.45, 2.75) is 12.1 Å². The van der Waals surface area contributed by atoms with Gasteiger partial charge in [0.25, 0.3) is 0 Å². The summed E-state index contributed by atoms with van der Waals surface area (Å²) >= 11 is 1.09. The number of aliphatic carboxylic acids is 1. The molecule has 0 aliphatic heterocycles. The van der Waals surface area contributed by atoms with Crippen molar-refractivity contribution in [1.29, 1.82) is 0 Å². The van der Waals surface area contributed by atoms with Crippen molar-refractivity contribution in [1.82, 2.24) is 19.7 Å². The van der Waals surface area contributed by atoms with Crippen molar-refractivity contribution in [3.05, 3.63) is 84.4 Å². The molecule has 0 radical (unpaired) electrons. The summed E-state index contributed by atoms with van der Waals surface area (Å²) in [5, 5.41) is 29.1. The van der Waals surface area contributed by atoms with Crippen LogP contribution in [0.1, 0.15) is 5.56 Å². The first-order chi connectivity index (χ1) is 16.5. The van der Waals surface area contributed by atoms with Gasteiger partial charge in [0, 0.05) is 22.2 Å². The lowest BCUT2D eigenvalue weighted by Gasteiger charge is -2.13. The van der Waals surface area contributed by atoms with Gasteiger partial charge in [-0.3, -0.25) is 9.36 Å². The molecule has 0 fully saturated rings. The molecule has 0 spiro atoms. The molecular weight excluding hydrogens is 448 g/mol. The first-order valence-electron chi connectivity index (χ1n) is 10.6. The van der Waals surface area contributed by atoms with Crippen LogP contribution in [0.15, 0.2) is 84.0 Å². The van der Waals surface area contributed by atoms with Gasteiger partial charge in [-0.05, 0) is 43.3 Å². The van der Waals surface area contributed by atoms with Gasteiger partial charge < -0.3 is 10.2 Å². The molecule has 34 heavy (non-hydrogen) atoms. The second-order valence-corrected chi connectivity index (χ2v) is 8.72. The van der Waals surface area contributed by atoms with Crippen molar-refractivity contribution < 1.29 is 15.0 Å². The molecular formula is C26H20N4O3S. The van der Waals surface area contributed by atoms with E-state index in [2.05, 4.69) is 10.2 Å². The molecule has 0 bridgehead atoms. The number of aromatic hydroxyl groups is 1. The molecule has 0 atom stereocenters. The fourth-order valence-electron chi connectivity index (χ4n) is 3.73. The lowest BCUT2D eigenvalue weighted by molar-refractivity contribution is -0.133. The Morgan fingerprint density at radius 3 is 2.44 bits per heavy atom. The molecule has 5 aromatic rings. The minimum Gasteiger partial charge on any atom is -0.508 e. The number of phenolic OH excluding ortho intramolecular Hbond substituents is 1. The van der Waals surface area contributed by atoms with E-state index in [-0.39, 0.29) is 11.5 Å². The highest BCUT2D eigenvalue weighted by Crippen LogP contribution is 2.35. The number of para-hydroxylation sites is 1. The second-order valence-electron chi connectivity index (χ2n) is 7.78. The first kappa shape index (κ1) is 21.7. The maximum atomic E-state index is 11.2. The predicted molar refractivity (Wildman–Crippen MR) is 132 cm³/mol. The van der Waals surface area contributed by atoms with Crippen molar-refractivity contribution in [2.24, 2.45) is 0 Å². The normalized spacial score (nSPS) is 11.1. The number of rotatable bonds is 6. The number of carboxylic acids is 1. The van der Waals surface area contributed by atoms with Crippen LogP contribution >= 0.6 is 11.8 Å². The summed E-state index contributed by atoms with van der Waals surface area (Å²) in [6.07, 6.45) is 0. The number of hydrogen-bond acceptors (Lipinski definition) is 6. The zero-order valence-corrected chi connectivity index (χ0v) is 19.0. The Bertz CT molecular complexity index is 1500. The molecule has 0 aliphatic carbocycles. The summed E-state index contributed by atoms with van der Waals surface area (Å²) in [4.78, 5) is 16.1. The van der Waals surface area contributed by atoms with Crippen LogP contribution < -0.4 is 0 Å². The minimum absolute atomic E-state index is 0.133. The molecule has 5 rings (SSSR count). The summed E-state index contributed by atoms with van der Waals surface area (Å²) in [5.41, 5.74) is 5.29. The molecule has 0 amide bonds. The highest BCUT2D eigenvalue weighted by atomic mass is 32.2. The third-order valence-electron chi connectivity index (χ3n) is 5.37. The fraction of sp³-hybridized carbons (Fsp3) is 0.0769. The summed E-state index contributed by atoms with van der Waals surface area (Å²) in [5.74, 6) is -0.399. The number of aryl methyl sites for hydroxylation is 1. The number of aromatic nitrogens is 4. The van der Waals surface area contributed by atoms with E-state index >= 15 is 0 Å². The summed E-state index contributed by atoms with van der Waals surface area (Å²) in [6, 6.07) is 24.6. The van der Waals surface area contributed by atoms with Gasteiger partial charge in [-0.25, -0.2) is 4.98 Å². The number of hydrogen-bond donors (Lipinski definition) is 2. The van der Waals surface area contributed by atoms with Gasteiger partial charge >= 0.3 is 5.97 Å². The highest BCUT2D eigenvalue weighted by molar-refractivity contribution is 7.99. The standard InChI is InChI=1S/C26H20N4O3S/c1-16-6-8-17(9-7-16)23-14-21(20-4-2-3-5-22(20)27-23)25-28-29-26(34-15-24(32)33)30(25)18-10-12-19(31)13-11-18/h2-14,31H,15H2,1H3,(H,32,33). The van der Waals surface area contributed by atoms with Crippen LogP contribution in [0.25, 0.3) is 39.2 Å². The molecule has 8 heteroatoms. The van der Waals surface area contributed by atoms with Crippen LogP contribution in [0.5, 0.6) is 5.75 Å². The molecule has 168 valence electrons. The topological polar surface area (TPSA) is 101 Å². The highest BCUT2D eigenvalue weighted by Gasteiger charge is 2.20. The molecule has 3 aromatic carbocycles. The van der Waals surface area contributed by atoms with E-state index in [1.54, 1.807) is 24.3 Å². The summed E-state index contributed by atoms with van der Waals surface area (Å²) in [7, 11) is 0. The second kappa shape index (κ2) is 8.99. The number of thioether (sulfide) groups is 1. The maximum Gasteiger partial charge on any atom is 0.313 e. The zero-order valence-electron chi connectivity index (χ0n) is 18.2. The van der Waals surface area contributed by atoms with Crippen LogP contribution in [0.2, 0.25) is 0 Å². The van der Waals surface area contributed by atoms with Gasteiger partial charge in [0.05, 0.1) is 17.0 Å². The Hall–Kier alpha value is -4.17. The van der Waals surface area contributed by atoms with Gasteiger partial charge in [0.1, 0.15) is 5.75 Å². The smallest absolute Gasteiger partial charge is 0.313 e. The first-order valence-corrected chi connectivity index (χ1v) is 11.5. The molecule has 2 N–H and O–H groups in total. The van der Waals surface area contributed by atoms with Gasteiger partial charge in [-0.2, -0.15) is 0 Å². The molecule has 0 saturated carbocycles. The average molecular weight is 469 g/mol. The van der Waals surface area contributed by atoms with E-state index < -0.39 is 5.97 Å². The predicted octanol–water partition coefficient (Wildman–Crippen LogP) is 5.34. The molecule has 0 aliphatic rings. The van der Waals surface area contributed by atoms with Gasteiger partial charge in [0.2, 0.25) is 0 Å². The van der Waals surface area contributed by atoms with Crippen LogP contribution in [0.4, 0.5) is 0 Å². The Kier molecular flexibility index (Phi) is 5.73. The van der Waals surface area contributed by atoms with Gasteiger partial charge in [-0.15, -0.1) is 10.2 Å². The number of phenols is 1. The van der Waals surface area contributed by atoms with Crippen molar-refractivity contribution in [3.63, 3.8) is 0 Å². The Morgan fingerprint density at radius 1 is 0.971 bits per heavy atom. The van der Waals surface area contributed by atoms with Crippen LogP contribution in [0, 0.1) is 6.92 Å². The molecule has 0 saturated heterocycles. The van der Waals surface area contributed by atoms with E-state index in [1.807, 2.05) is 66.1 Å². The van der Waals surface area contributed by atoms with E-state index in [9.17, 15) is 15.0 Å². The Balaban J connectivity index is 1.75. The Morgan fingerprint density at radius 2 is 1.71 bits per heavy atom. The Labute approximate surface area is 199 Å². The quantitative estimate of drug-likeness (QED) is 0.324. The number of nitrogens with zero attached hydrogens (tertiary/aromatic N) is 4. The van der Waals surface area contributed by atoms with Gasteiger partial charge in [-0.1, -0.05) is 59.8 Å². The maximum absolute atomic E-state index is 11.2. The van der Waals surface area contributed by atoms with E-state index in [4.69, 9.17) is 4.98 Å². The van der Waals surface area contributed by atoms with E-state index in [1.165, 1.54) is 0 Å².